The van der Waals surface area contributed by atoms with Crippen molar-refractivity contribution < 1.29 is 0 Å². The van der Waals surface area contributed by atoms with Crippen molar-refractivity contribution >= 4 is 0 Å². The van der Waals surface area contributed by atoms with Gasteiger partial charge in [0.15, 0.2) is 0 Å². The lowest BCUT2D eigenvalue weighted by atomic mass is 10.3. The third-order valence-corrected chi connectivity index (χ3v) is 2.54. The van der Waals surface area contributed by atoms with Gasteiger partial charge in [-0.25, -0.2) is 4.98 Å². The summed E-state index contributed by atoms with van der Waals surface area (Å²) in [5, 5.41) is 4.24. The minimum absolute atomic E-state index is 0.0156. The van der Waals surface area contributed by atoms with Crippen LogP contribution in [0.15, 0.2) is 24.9 Å². The Morgan fingerprint density at radius 3 is 2.81 bits per heavy atom. The number of hydrogen-bond donors (Lipinski definition) is 1. The van der Waals surface area contributed by atoms with Gasteiger partial charge in [0, 0.05) is 25.0 Å². The fraction of sp³-hybridized carbons (Fsp3) is 0.455. The van der Waals surface area contributed by atoms with Gasteiger partial charge in [-0.05, 0) is 19.4 Å². The van der Waals surface area contributed by atoms with E-state index in [2.05, 4.69) is 14.6 Å². The Morgan fingerprint density at radius 2 is 2.19 bits per heavy atom. The maximum absolute atomic E-state index is 5.85. The van der Waals surface area contributed by atoms with Crippen LogP contribution >= 0.6 is 0 Å². The second-order valence-electron chi connectivity index (χ2n) is 4.08. The average molecular weight is 219 g/mol. The Balaban J connectivity index is 2.02. The average Bonchev–Trinajstić information content (AvgIpc) is 2.83. The number of aromatic nitrogens is 4. The molecular weight excluding hydrogens is 202 g/mol. The van der Waals surface area contributed by atoms with Crippen LogP contribution < -0.4 is 5.73 Å². The number of nitrogens with two attached hydrogens (primary N) is 1. The lowest BCUT2D eigenvalue weighted by Crippen LogP contribution is -2.14. The molecule has 0 amide bonds. The molecule has 0 aliphatic carbocycles. The summed E-state index contributed by atoms with van der Waals surface area (Å²) in [5.41, 5.74) is 8.09. The highest BCUT2D eigenvalue weighted by molar-refractivity contribution is 5.03. The van der Waals surface area contributed by atoms with Crippen molar-refractivity contribution in [2.24, 2.45) is 5.73 Å². The first-order valence-corrected chi connectivity index (χ1v) is 5.41. The molecule has 0 spiro atoms. The van der Waals surface area contributed by atoms with E-state index >= 15 is 0 Å². The highest BCUT2D eigenvalue weighted by Gasteiger charge is 2.06. The first-order valence-electron chi connectivity index (χ1n) is 5.41. The largest absolute Gasteiger partial charge is 0.331 e. The molecule has 1 atom stereocenters. The summed E-state index contributed by atoms with van der Waals surface area (Å²) < 4.78 is 4.00. The van der Waals surface area contributed by atoms with E-state index in [9.17, 15) is 0 Å². The zero-order chi connectivity index (χ0) is 11.5. The molecule has 0 aromatic carbocycles. The summed E-state index contributed by atoms with van der Waals surface area (Å²) in [6.07, 6.45) is 7.52. The first kappa shape index (κ1) is 10.9. The van der Waals surface area contributed by atoms with Crippen molar-refractivity contribution in [3.8, 4) is 0 Å². The highest BCUT2D eigenvalue weighted by Crippen LogP contribution is 2.08. The van der Waals surface area contributed by atoms with Crippen molar-refractivity contribution in [1.29, 1.82) is 0 Å². The molecule has 0 aliphatic heterocycles. The van der Waals surface area contributed by atoms with Crippen LogP contribution in [0.25, 0.3) is 0 Å². The minimum atomic E-state index is 0.0156. The fourth-order valence-electron chi connectivity index (χ4n) is 1.70. The summed E-state index contributed by atoms with van der Waals surface area (Å²) >= 11 is 0. The lowest BCUT2D eigenvalue weighted by Gasteiger charge is -2.10. The Hall–Kier alpha value is -1.62. The van der Waals surface area contributed by atoms with Gasteiger partial charge in [-0.1, -0.05) is 0 Å². The molecule has 2 aromatic rings. The molecule has 5 nitrogen and oxygen atoms in total. The smallest absolute Gasteiger partial charge is 0.0949 e. The van der Waals surface area contributed by atoms with E-state index in [1.807, 2.05) is 43.4 Å². The molecule has 2 heterocycles. The molecule has 86 valence electrons. The summed E-state index contributed by atoms with van der Waals surface area (Å²) in [6, 6.07) is 0.0156. The molecule has 2 aromatic heterocycles. The fourth-order valence-corrected chi connectivity index (χ4v) is 1.70. The van der Waals surface area contributed by atoms with Gasteiger partial charge in [-0.2, -0.15) is 5.10 Å². The third kappa shape index (κ3) is 2.30. The number of nitrogens with zero attached hydrogens (tertiary/aromatic N) is 4. The van der Waals surface area contributed by atoms with Crippen LogP contribution in [0.3, 0.4) is 0 Å². The molecular formula is C11H17N5. The van der Waals surface area contributed by atoms with Gasteiger partial charge in [-0.15, -0.1) is 0 Å². The van der Waals surface area contributed by atoms with Gasteiger partial charge in [-0.3, -0.25) is 4.68 Å². The molecule has 5 heteroatoms. The van der Waals surface area contributed by atoms with Gasteiger partial charge >= 0.3 is 0 Å². The SMILES string of the molecule is Cc1cnn(CCn2cncc2C(C)N)c1. The molecule has 2 rings (SSSR count). The van der Waals surface area contributed by atoms with Crippen LogP contribution in [0.4, 0.5) is 0 Å². The van der Waals surface area contributed by atoms with Crippen LogP contribution in [-0.2, 0) is 13.1 Å². The predicted molar refractivity (Wildman–Crippen MR) is 61.8 cm³/mol. The van der Waals surface area contributed by atoms with E-state index in [4.69, 9.17) is 5.73 Å². The second kappa shape index (κ2) is 4.49. The second-order valence-corrected chi connectivity index (χ2v) is 4.08. The molecule has 1 unspecified atom stereocenters. The summed E-state index contributed by atoms with van der Waals surface area (Å²) in [7, 11) is 0. The minimum Gasteiger partial charge on any atom is -0.331 e. The monoisotopic (exact) mass is 219 g/mol. The molecule has 2 N–H and O–H groups in total. The van der Waals surface area contributed by atoms with Crippen LogP contribution in [0.1, 0.15) is 24.2 Å². The van der Waals surface area contributed by atoms with Crippen molar-refractivity contribution in [3.63, 3.8) is 0 Å². The molecule has 0 bridgehead atoms. The van der Waals surface area contributed by atoms with Crippen molar-refractivity contribution in [2.45, 2.75) is 33.0 Å². The molecule has 0 saturated heterocycles. The van der Waals surface area contributed by atoms with Crippen LogP contribution in [0.2, 0.25) is 0 Å². The van der Waals surface area contributed by atoms with Crippen molar-refractivity contribution in [3.05, 3.63) is 36.2 Å². The number of imidazole rings is 1. The quantitative estimate of drug-likeness (QED) is 0.837. The Labute approximate surface area is 94.9 Å². The van der Waals surface area contributed by atoms with Crippen molar-refractivity contribution in [2.75, 3.05) is 0 Å². The first-order chi connectivity index (χ1) is 7.66. The van der Waals surface area contributed by atoms with E-state index in [0.29, 0.717) is 0 Å². The van der Waals surface area contributed by atoms with E-state index in [-0.39, 0.29) is 6.04 Å². The number of rotatable bonds is 4. The zero-order valence-corrected chi connectivity index (χ0v) is 9.67. The van der Waals surface area contributed by atoms with Crippen LogP contribution in [-0.4, -0.2) is 19.3 Å². The molecule has 16 heavy (non-hydrogen) atoms. The van der Waals surface area contributed by atoms with E-state index in [1.165, 1.54) is 5.56 Å². The topological polar surface area (TPSA) is 61.7 Å². The van der Waals surface area contributed by atoms with Crippen LogP contribution in [0.5, 0.6) is 0 Å². The standard InChI is InChI=1S/C11H17N5/c1-9-5-14-16(7-9)4-3-15-8-13-6-11(15)10(2)12/h5-8,10H,3-4,12H2,1-2H3. The Morgan fingerprint density at radius 1 is 1.38 bits per heavy atom. The summed E-state index contributed by atoms with van der Waals surface area (Å²) in [5.74, 6) is 0. The Bertz CT molecular complexity index is 454. The predicted octanol–water partition coefficient (Wildman–Crippen LogP) is 1.11. The highest BCUT2D eigenvalue weighted by atomic mass is 15.3. The van der Waals surface area contributed by atoms with E-state index < -0.39 is 0 Å². The molecule has 0 fully saturated rings. The Kier molecular flexibility index (Phi) is 3.05. The zero-order valence-electron chi connectivity index (χ0n) is 9.67. The summed E-state index contributed by atoms with van der Waals surface area (Å²) in [6.45, 7) is 5.68. The third-order valence-electron chi connectivity index (χ3n) is 2.54. The normalized spacial score (nSPS) is 12.9. The number of hydrogen-bond acceptors (Lipinski definition) is 3. The molecule has 0 aliphatic rings. The van der Waals surface area contributed by atoms with E-state index in [0.717, 1.165) is 18.8 Å². The lowest BCUT2D eigenvalue weighted by molar-refractivity contribution is 0.513. The number of aryl methyl sites for hydroxylation is 3. The molecule has 0 radical (unpaired) electrons. The summed E-state index contributed by atoms with van der Waals surface area (Å²) in [4.78, 5) is 4.11. The van der Waals surface area contributed by atoms with E-state index in [1.54, 1.807) is 0 Å². The van der Waals surface area contributed by atoms with Gasteiger partial charge in [0.05, 0.1) is 24.8 Å². The van der Waals surface area contributed by atoms with Crippen molar-refractivity contribution in [1.82, 2.24) is 19.3 Å². The maximum atomic E-state index is 5.85. The molecule has 0 saturated carbocycles. The maximum Gasteiger partial charge on any atom is 0.0949 e. The van der Waals surface area contributed by atoms with Gasteiger partial charge < -0.3 is 10.3 Å². The van der Waals surface area contributed by atoms with Gasteiger partial charge in [0.2, 0.25) is 0 Å². The van der Waals surface area contributed by atoms with Gasteiger partial charge in [0.25, 0.3) is 0 Å². The van der Waals surface area contributed by atoms with Crippen LogP contribution in [0, 0.1) is 6.92 Å². The van der Waals surface area contributed by atoms with Gasteiger partial charge in [0.1, 0.15) is 0 Å².